The summed E-state index contributed by atoms with van der Waals surface area (Å²) in [6.07, 6.45) is -0.842. The zero-order valence-electron chi connectivity index (χ0n) is 26.7. The number of rotatable bonds is 10. The fraction of sp³-hybridized carbons (Fsp3) is 0.389. The van der Waals surface area contributed by atoms with E-state index in [0.717, 1.165) is 16.8 Å². The number of hydrogen-bond acceptors (Lipinski definition) is 8. The van der Waals surface area contributed by atoms with Gasteiger partial charge in [0.15, 0.2) is 5.60 Å². The first-order valence-electron chi connectivity index (χ1n) is 16.3. The van der Waals surface area contributed by atoms with Crippen LogP contribution in [0.4, 0.5) is 26.7 Å². The van der Waals surface area contributed by atoms with Gasteiger partial charge in [-0.25, -0.2) is 9.59 Å². The molecule has 0 bridgehead atoms. The van der Waals surface area contributed by atoms with Gasteiger partial charge in [0.2, 0.25) is 5.91 Å². The minimum absolute atomic E-state index is 0.0556. The molecule has 7 rings (SSSR count). The molecule has 48 heavy (non-hydrogen) atoms. The lowest BCUT2D eigenvalue weighted by Crippen LogP contribution is -2.44. The second-order valence-corrected chi connectivity index (χ2v) is 12.6. The van der Waals surface area contributed by atoms with Crippen LogP contribution in [0.15, 0.2) is 72.8 Å². The number of nitrogens with zero attached hydrogens (tertiary/aromatic N) is 4. The number of hydrogen-bond donors (Lipinski definition) is 1. The molecule has 0 aromatic heterocycles. The molecule has 12 heteroatoms. The van der Waals surface area contributed by atoms with Crippen molar-refractivity contribution in [2.75, 3.05) is 54.2 Å². The molecule has 1 spiro atoms. The van der Waals surface area contributed by atoms with Crippen molar-refractivity contribution in [3.63, 3.8) is 0 Å². The molecule has 3 aromatic rings. The van der Waals surface area contributed by atoms with E-state index in [1.54, 1.807) is 19.6 Å². The van der Waals surface area contributed by atoms with Crippen LogP contribution in [0.3, 0.4) is 0 Å². The van der Waals surface area contributed by atoms with Crippen LogP contribution in [0, 0.1) is 5.92 Å². The number of ether oxygens (including phenoxy) is 3. The molecule has 0 unspecified atom stereocenters. The molecule has 4 heterocycles. The molecule has 0 saturated carbocycles. The number of carbonyl (C=O) groups excluding carboxylic acids is 4. The predicted octanol–water partition coefficient (Wildman–Crippen LogP) is 4.18. The van der Waals surface area contributed by atoms with Gasteiger partial charge in [-0.1, -0.05) is 49.4 Å². The fourth-order valence-corrected chi connectivity index (χ4v) is 7.27. The SMILES string of the molecule is C[C@@H]1C[C@H](CC(=O)N(CCO)Cc2ccccc2)O[C@@]12C(=O)N(Cc1ccc(N3CCOC3=O)cc1)c1ccc(N3CCOC3=O)cc12. The van der Waals surface area contributed by atoms with Crippen molar-refractivity contribution in [2.45, 2.75) is 44.6 Å². The zero-order valence-corrected chi connectivity index (χ0v) is 26.7. The molecule has 1 N–H and O–H groups in total. The number of carbonyl (C=O) groups is 4. The Labute approximate surface area is 278 Å². The Morgan fingerprint density at radius 2 is 1.56 bits per heavy atom. The molecule has 3 saturated heterocycles. The summed E-state index contributed by atoms with van der Waals surface area (Å²) in [5.74, 6) is -0.679. The maximum Gasteiger partial charge on any atom is 0.414 e. The summed E-state index contributed by atoms with van der Waals surface area (Å²) < 4.78 is 17.0. The lowest BCUT2D eigenvalue weighted by molar-refractivity contribution is -0.150. The average Bonchev–Trinajstić information content (AvgIpc) is 3.85. The summed E-state index contributed by atoms with van der Waals surface area (Å²) in [6.45, 7) is 4.09. The molecule has 3 fully saturated rings. The van der Waals surface area contributed by atoms with Crippen molar-refractivity contribution in [3.8, 4) is 0 Å². The van der Waals surface area contributed by atoms with E-state index in [1.807, 2.05) is 79.7 Å². The third kappa shape index (κ3) is 5.64. The summed E-state index contributed by atoms with van der Waals surface area (Å²) in [5.41, 5.74) is 3.10. The maximum absolute atomic E-state index is 14.6. The van der Waals surface area contributed by atoms with Gasteiger partial charge in [-0.2, -0.15) is 0 Å². The third-order valence-corrected chi connectivity index (χ3v) is 9.66. The molecule has 12 nitrogen and oxygen atoms in total. The van der Waals surface area contributed by atoms with Crippen molar-refractivity contribution >= 4 is 41.1 Å². The van der Waals surface area contributed by atoms with E-state index in [-0.39, 0.29) is 56.5 Å². The number of aliphatic hydroxyl groups excluding tert-OH is 1. The zero-order chi connectivity index (χ0) is 33.4. The van der Waals surface area contributed by atoms with Crippen LogP contribution in [0.2, 0.25) is 0 Å². The van der Waals surface area contributed by atoms with Crippen LogP contribution in [0.25, 0.3) is 0 Å². The average molecular weight is 655 g/mol. The molecule has 4 aliphatic heterocycles. The smallest absolute Gasteiger partial charge is 0.414 e. The molecule has 0 aliphatic carbocycles. The topological polar surface area (TPSA) is 129 Å². The van der Waals surface area contributed by atoms with Gasteiger partial charge in [-0.05, 0) is 47.9 Å². The number of aliphatic hydroxyl groups is 1. The largest absolute Gasteiger partial charge is 0.447 e. The van der Waals surface area contributed by atoms with Crippen molar-refractivity contribution in [2.24, 2.45) is 5.92 Å². The normalized spacial score (nSPS) is 23.2. The van der Waals surface area contributed by atoms with Crippen LogP contribution < -0.4 is 14.7 Å². The van der Waals surface area contributed by atoms with Crippen molar-refractivity contribution in [1.29, 1.82) is 0 Å². The van der Waals surface area contributed by atoms with Crippen LogP contribution in [0.5, 0.6) is 0 Å². The Kier molecular flexibility index (Phi) is 8.52. The first kappa shape index (κ1) is 31.6. The van der Waals surface area contributed by atoms with E-state index in [4.69, 9.17) is 14.2 Å². The van der Waals surface area contributed by atoms with E-state index in [2.05, 4.69) is 0 Å². The van der Waals surface area contributed by atoms with E-state index < -0.39 is 17.8 Å². The van der Waals surface area contributed by atoms with Gasteiger partial charge in [-0.15, -0.1) is 0 Å². The van der Waals surface area contributed by atoms with Crippen LogP contribution in [-0.4, -0.2) is 79.6 Å². The maximum atomic E-state index is 14.6. The Balaban J connectivity index is 1.17. The van der Waals surface area contributed by atoms with E-state index in [9.17, 15) is 24.3 Å². The van der Waals surface area contributed by atoms with Crippen LogP contribution in [-0.2, 0) is 42.5 Å². The Morgan fingerprint density at radius 1 is 0.896 bits per heavy atom. The Morgan fingerprint density at radius 3 is 2.21 bits per heavy atom. The van der Waals surface area contributed by atoms with Gasteiger partial charge in [0.05, 0.1) is 44.5 Å². The van der Waals surface area contributed by atoms with Crippen LogP contribution >= 0.6 is 0 Å². The number of benzene rings is 3. The highest BCUT2D eigenvalue weighted by Gasteiger charge is 2.60. The Bertz CT molecular complexity index is 1720. The molecule has 3 atom stereocenters. The number of fused-ring (bicyclic) bond motifs is 2. The van der Waals surface area contributed by atoms with Gasteiger partial charge in [-0.3, -0.25) is 19.4 Å². The van der Waals surface area contributed by atoms with Crippen LogP contribution in [0.1, 0.15) is 36.5 Å². The van der Waals surface area contributed by atoms with Gasteiger partial charge in [0, 0.05) is 35.9 Å². The summed E-state index contributed by atoms with van der Waals surface area (Å²) in [6, 6.07) is 22.5. The van der Waals surface area contributed by atoms with E-state index >= 15 is 0 Å². The molecule has 4 amide bonds. The third-order valence-electron chi connectivity index (χ3n) is 9.66. The summed E-state index contributed by atoms with van der Waals surface area (Å²) in [7, 11) is 0. The van der Waals surface area contributed by atoms with Crippen molar-refractivity contribution in [3.05, 3.63) is 89.5 Å². The standard InChI is InChI=1S/C36H38N4O8/c1-24-19-29(21-32(42)37(13-16-41)22-25-5-3-2-4-6-25)48-36(24)30-20-28(39-15-18-47-35(39)45)11-12-31(30)40(33(36)43)23-26-7-9-27(10-8-26)38-14-17-46-34(38)44/h2-12,20,24,29,41H,13-19,21-23H2,1H3/t24-,29-,36+/m1/s1. The lowest BCUT2D eigenvalue weighted by Gasteiger charge is -2.29. The van der Waals surface area contributed by atoms with Gasteiger partial charge >= 0.3 is 12.2 Å². The number of anilines is 3. The highest BCUT2D eigenvalue weighted by molar-refractivity contribution is 6.08. The summed E-state index contributed by atoms with van der Waals surface area (Å²) in [4.78, 5) is 59.2. The number of amides is 4. The highest BCUT2D eigenvalue weighted by atomic mass is 16.6. The molecule has 0 radical (unpaired) electrons. The summed E-state index contributed by atoms with van der Waals surface area (Å²) >= 11 is 0. The molecular formula is C36H38N4O8. The predicted molar refractivity (Wildman–Crippen MR) is 175 cm³/mol. The Hall–Kier alpha value is -4.94. The number of cyclic esters (lactones) is 2. The quantitative estimate of drug-likeness (QED) is 0.345. The van der Waals surface area contributed by atoms with E-state index in [1.165, 1.54) is 0 Å². The minimum atomic E-state index is -1.36. The molecular weight excluding hydrogens is 616 g/mol. The minimum Gasteiger partial charge on any atom is -0.447 e. The van der Waals surface area contributed by atoms with Crippen molar-refractivity contribution in [1.82, 2.24) is 4.90 Å². The first-order chi connectivity index (χ1) is 23.3. The fourth-order valence-electron chi connectivity index (χ4n) is 7.27. The molecule has 3 aromatic carbocycles. The lowest BCUT2D eigenvalue weighted by atomic mass is 9.82. The monoisotopic (exact) mass is 654 g/mol. The second kappa shape index (κ2) is 12.9. The summed E-state index contributed by atoms with van der Waals surface area (Å²) in [5, 5.41) is 9.71. The first-order valence-corrected chi connectivity index (χ1v) is 16.3. The molecule has 4 aliphatic rings. The highest BCUT2D eigenvalue weighted by Crippen LogP contribution is 2.54. The van der Waals surface area contributed by atoms with Crippen molar-refractivity contribution < 1.29 is 38.5 Å². The molecule has 250 valence electrons. The van der Waals surface area contributed by atoms with Gasteiger partial charge < -0.3 is 29.1 Å². The van der Waals surface area contributed by atoms with E-state index in [0.29, 0.717) is 49.6 Å². The van der Waals surface area contributed by atoms with Gasteiger partial charge in [0.25, 0.3) is 5.91 Å². The van der Waals surface area contributed by atoms with Gasteiger partial charge in [0.1, 0.15) is 13.2 Å². The second-order valence-electron chi connectivity index (χ2n) is 12.6.